The highest BCUT2D eigenvalue weighted by atomic mass is 16.5. The number of nitrogens with two attached hydrogens (primary N) is 1. The Hall–Kier alpha value is -2.13. The molecule has 0 heterocycles. The third-order valence-corrected chi connectivity index (χ3v) is 2.95. The number of ketones is 1. The van der Waals surface area contributed by atoms with Gasteiger partial charge in [0.05, 0.1) is 12.1 Å². The van der Waals surface area contributed by atoms with Gasteiger partial charge in [0.2, 0.25) is 0 Å². The first-order valence-electron chi connectivity index (χ1n) is 6.69. The number of hydrogen-bond donors (Lipinski definition) is 1. The third kappa shape index (κ3) is 3.45. The highest BCUT2D eigenvalue weighted by Crippen LogP contribution is 2.19. The van der Waals surface area contributed by atoms with Crippen LogP contribution in [0.3, 0.4) is 0 Å². The first kappa shape index (κ1) is 14.3. The lowest BCUT2D eigenvalue weighted by molar-refractivity contribution is 0.0961. The van der Waals surface area contributed by atoms with Crippen molar-refractivity contribution < 1.29 is 9.53 Å². The van der Waals surface area contributed by atoms with Crippen LogP contribution in [0.15, 0.2) is 54.6 Å². The van der Waals surface area contributed by atoms with Crippen molar-refractivity contribution >= 4 is 5.78 Å². The Morgan fingerprint density at radius 1 is 1.00 bits per heavy atom. The van der Waals surface area contributed by atoms with Gasteiger partial charge in [0.1, 0.15) is 5.75 Å². The molecule has 3 nitrogen and oxygen atoms in total. The quantitative estimate of drug-likeness (QED) is 0.847. The number of ether oxygens (including phenoxy) is 1. The van der Waals surface area contributed by atoms with E-state index in [1.165, 1.54) is 0 Å². The lowest BCUT2D eigenvalue weighted by Crippen LogP contribution is -2.21. The highest BCUT2D eigenvalue weighted by molar-refractivity contribution is 6.00. The van der Waals surface area contributed by atoms with Crippen LogP contribution in [-0.2, 0) is 0 Å². The molecular weight excluding hydrogens is 250 g/mol. The fraction of sp³-hybridized carbons (Fsp3) is 0.235. The van der Waals surface area contributed by atoms with Gasteiger partial charge in [0.25, 0.3) is 0 Å². The van der Waals surface area contributed by atoms with Crippen molar-refractivity contribution in [2.24, 2.45) is 5.73 Å². The standard InChI is InChI=1S/C17H19NO2/c1-12(2)20-15-10-8-14(9-11-15)17(19)16(18)13-6-4-3-5-7-13/h3-12,16H,18H2,1-2H3/t16-/m1/s1. The second kappa shape index (κ2) is 6.35. The molecular formula is C17H19NO2. The average molecular weight is 269 g/mol. The maximum Gasteiger partial charge on any atom is 0.184 e. The van der Waals surface area contributed by atoms with Crippen LogP contribution in [0.5, 0.6) is 5.75 Å². The Kier molecular flexibility index (Phi) is 4.53. The van der Waals surface area contributed by atoms with Crippen LogP contribution < -0.4 is 10.5 Å². The Labute approximate surface area is 119 Å². The molecule has 0 radical (unpaired) electrons. The largest absolute Gasteiger partial charge is 0.491 e. The van der Waals surface area contributed by atoms with E-state index in [9.17, 15) is 4.79 Å². The molecule has 3 heteroatoms. The third-order valence-electron chi connectivity index (χ3n) is 2.95. The second-order valence-corrected chi connectivity index (χ2v) is 4.94. The number of carbonyl (C=O) groups excluding carboxylic acids is 1. The molecule has 0 amide bonds. The highest BCUT2D eigenvalue weighted by Gasteiger charge is 2.17. The van der Waals surface area contributed by atoms with Crippen LogP contribution in [0, 0.1) is 0 Å². The topological polar surface area (TPSA) is 52.3 Å². The van der Waals surface area contributed by atoms with E-state index in [1.54, 1.807) is 24.3 Å². The molecule has 0 aliphatic rings. The molecule has 0 saturated heterocycles. The summed E-state index contributed by atoms with van der Waals surface area (Å²) in [4.78, 5) is 12.3. The lowest BCUT2D eigenvalue weighted by atomic mass is 9.98. The molecule has 2 aromatic carbocycles. The van der Waals surface area contributed by atoms with E-state index in [0.717, 1.165) is 11.3 Å². The Balaban J connectivity index is 2.13. The van der Waals surface area contributed by atoms with Crippen molar-refractivity contribution in [3.05, 3.63) is 65.7 Å². The summed E-state index contributed by atoms with van der Waals surface area (Å²) in [5.41, 5.74) is 7.42. The molecule has 0 unspecified atom stereocenters. The molecule has 0 fully saturated rings. The van der Waals surface area contributed by atoms with E-state index in [4.69, 9.17) is 10.5 Å². The minimum Gasteiger partial charge on any atom is -0.491 e. The maximum absolute atomic E-state index is 12.3. The van der Waals surface area contributed by atoms with E-state index in [0.29, 0.717) is 5.56 Å². The summed E-state index contributed by atoms with van der Waals surface area (Å²) in [6.45, 7) is 3.93. The first-order chi connectivity index (χ1) is 9.58. The predicted molar refractivity (Wildman–Crippen MR) is 79.9 cm³/mol. The van der Waals surface area contributed by atoms with Gasteiger partial charge in [-0.05, 0) is 43.7 Å². The number of hydrogen-bond acceptors (Lipinski definition) is 3. The van der Waals surface area contributed by atoms with Gasteiger partial charge < -0.3 is 10.5 Å². The molecule has 2 aromatic rings. The Bertz CT molecular complexity index is 561. The van der Waals surface area contributed by atoms with Crippen LogP contribution in [0.25, 0.3) is 0 Å². The van der Waals surface area contributed by atoms with E-state index in [1.807, 2.05) is 44.2 Å². The second-order valence-electron chi connectivity index (χ2n) is 4.94. The summed E-state index contributed by atoms with van der Waals surface area (Å²) in [6, 6.07) is 15.8. The van der Waals surface area contributed by atoms with Crippen LogP contribution in [0.1, 0.15) is 35.8 Å². The van der Waals surface area contributed by atoms with Crippen molar-refractivity contribution in [1.29, 1.82) is 0 Å². The molecule has 1 atom stereocenters. The van der Waals surface area contributed by atoms with Crippen molar-refractivity contribution in [2.75, 3.05) is 0 Å². The summed E-state index contributed by atoms with van der Waals surface area (Å²) in [5.74, 6) is 0.664. The Morgan fingerprint density at radius 3 is 2.15 bits per heavy atom. The van der Waals surface area contributed by atoms with Gasteiger partial charge in [-0.1, -0.05) is 30.3 Å². The molecule has 0 spiro atoms. The van der Waals surface area contributed by atoms with Gasteiger partial charge in [-0.3, -0.25) is 4.79 Å². The molecule has 0 bridgehead atoms. The van der Waals surface area contributed by atoms with E-state index in [2.05, 4.69) is 0 Å². The number of carbonyl (C=O) groups is 1. The summed E-state index contributed by atoms with van der Waals surface area (Å²) in [5, 5.41) is 0. The SMILES string of the molecule is CC(C)Oc1ccc(C(=O)[C@H](N)c2ccccc2)cc1. The zero-order valence-electron chi connectivity index (χ0n) is 11.7. The van der Waals surface area contributed by atoms with Gasteiger partial charge in [-0.15, -0.1) is 0 Å². The summed E-state index contributed by atoms with van der Waals surface area (Å²) < 4.78 is 5.55. The number of Topliss-reactive ketones (excluding diaryl/α,β-unsaturated/α-hetero) is 1. The average Bonchev–Trinajstić information content (AvgIpc) is 2.47. The van der Waals surface area contributed by atoms with Crippen molar-refractivity contribution in [2.45, 2.75) is 26.0 Å². The molecule has 20 heavy (non-hydrogen) atoms. The van der Waals surface area contributed by atoms with Crippen molar-refractivity contribution in [1.82, 2.24) is 0 Å². The van der Waals surface area contributed by atoms with Gasteiger partial charge in [-0.2, -0.15) is 0 Å². The van der Waals surface area contributed by atoms with Gasteiger partial charge >= 0.3 is 0 Å². The van der Waals surface area contributed by atoms with Crippen molar-refractivity contribution in [3.8, 4) is 5.75 Å². The summed E-state index contributed by atoms with van der Waals surface area (Å²) in [6.07, 6.45) is 0.114. The zero-order valence-corrected chi connectivity index (χ0v) is 11.7. The maximum atomic E-state index is 12.3. The summed E-state index contributed by atoms with van der Waals surface area (Å²) in [7, 11) is 0. The monoisotopic (exact) mass is 269 g/mol. The van der Waals surface area contributed by atoms with E-state index in [-0.39, 0.29) is 11.9 Å². The number of rotatable bonds is 5. The summed E-state index contributed by atoms with van der Waals surface area (Å²) >= 11 is 0. The fourth-order valence-corrected chi connectivity index (χ4v) is 1.96. The smallest absolute Gasteiger partial charge is 0.184 e. The van der Waals surface area contributed by atoms with E-state index >= 15 is 0 Å². The van der Waals surface area contributed by atoms with Crippen LogP contribution in [-0.4, -0.2) is 11.9 Å². The van der Waals surface area contributed by atoms with E-state index < -0.39 is 6.04 Å². The van der Waals surface area contributed by atoms with Crippen LogP contribution in [0.2, 0.25) is 0 Å². The molecule has 0 aliphatic carbocycles. The molecule has 0 aromatic heterocycles. The molecule has 2 rings (SSSR count). The zero-order chi connectivity index (χ0) is 14.5. The van der Waals surface area contributed by atoms with Gasteiger partial charge in [0.15, 0.2) is 5.78 Å². The molecule has 2 N–H and O–H groups in total. The molecule has 104 valence electrons. The number of benzene rings is 2. The lowest BCUT2D eigenvalue weighted by Gasteiger charge is -2.12. The van der Waals surface area contributed by atoms with Gasteiger partial charge in [-0.25, -0.2) is 0 Å². The van der Waals surface area contributed by atoms with Crippen LogP contribution in [0.4, 0.5) is 0 Å². The predicted octanol–water partition coefficient (Wildman–Crippen LogP) is 3.36. The van der Waals surface area contributed by atoms with Crippen LogP contribution >= 0.6 is 0 Å². The van der Waals surface area contributed by atoms with Crippen molar-refractivity contribution in [3.63, 3.8) is 0 Å². The minimum atomic E-state index is -0.631. The first-order valence-corrected chi connectivity index (χ1v) is 6.69. The normalized spacial score (nSPS) is 12.2. The van der Waals surface area contributed by atoms with Gasteiger partial charge in [0, 0.05) is 5.56 Å². The molecule has 0 saturated carbocycles. The minimum absolute atomic E-state index is 0.0905. The molecule has 0 aliphatic heterocycles. The Morgan fingerprint density at radius 2 is 1.60 bits per heavy atom. The fourth-order valence-electron chi connectivity index (χ4n) is 1.96.